The van der Waals surface area contributed by atoms with Gasteiger partial charge in [0.25, 0.3) is 0 Å². The Morgan fingerprint density at radius 1 is 0.767 bits per heavy atom. The molecule has 6 heteroatoms. The Labute approximate surface area is 175 Å². The molecule has 0 aliphatic heterocycles. The van der Waals surface area contributed by atoms with E-state index < -0.39 is 11.9 Å². The molecule has 0 fully saturated rings. The van der Waals surface area contributed by atoms with Crippen molar-refractivity contribution < 1.29 is 28.5 Å². The number of rotatable bonds is 9. The van der Waals surface area contributed by atoms with Crippen LogP contribution >= 0.6 is 0 Å². The minimum Gasteiger partial charge on any atom is -0.497 e. The molecule has 0 saturated carbocycles. The van der Waals surface area contributed by atoms with Crippen LogP contribution in [0, 0.1) is 0 Å². The third kappa shape index (κ3) is 6.10. The Bertz CT molecular complexity index is 967. The quantitative estimate of drug-likeness (QED) is 0.303. The van der Waals surface area contributed by atoms with Crippen LogP contribution in [0.4, 0.5) is 0 Å². The second kappa shape index (κ2) is 10.7. The van der Waals surface area contributed by atoms with Crippen LogP contribution in [0.25, 0.3) is 0 Å². The Kier molecular flexibility index (Phi) is 7.44. The lowest BCUT2D eigenvalue weighted by Gasteiger charge is -2.11. The van der Waals surface area contributed by atoms with E-state index in [2.05, 4.69) is 0 Å². The molecule has 0 amide bonds. The van der Waals surface area contributed by atoms with Crippen LogP contribution in [0.3, 0.4) is 0 Å². The van der Waals surface area contributed by atoms with Crippen LogP contribution in [0.5, 0.6) is 17.2 Å². The maximum Gasteiger partial charge on any atom is 0.342 e. The largest absolute Gasteiger partial charge is 0.497 e. The summed E-state index contributed by atoms with van der Waals surface area (Å²) in [5, 5.41) is 0. The second-order valence-corrected chi connectivity index (χ2v) is 6.29. The first-order valence-electron chi connectivity index (χ1n) is 9.43. The highest BCUT2D eigenvalue weighted by molar-refractivity contribution is 5.93. The van der Waals surface area contributed by atoms with E-state index in [1.165, 1.54) is 0 Å². The summed E-state index contributed by atoms with van der Waals surface area (Å²) in [6, 6.07) is 22.8. The van der Waals surface area contributed by atoms with Gasteiger partial charge in [0.1, 0.15) is 36.0 Å². The van der Waals surface area contributed by atoms with Crippen LogP contribution in [0.1, 0.15) is 15.9 Å². The second-order valence-electron chi connectivity index (χ2n) is 6.29. The SMILES string of the molecule is COc1ccc(CC(=O)Oc2ccccc2C(=O)OCCOc2ccccc2)cc1. The number of esters is 2. The van der Waals surface area contributed by atoms with Crippen molar-refractivity contribution in [3.05, 3.63) is 90.0 Å². The van der Waals surface area contributed by atoms with E-state index in [0.29, 0.717) is 11.5 Å². The lowest BCUT2D eigenvalue weighted by atomic mass is 10.1. The normalized spacial score (nSPS) is 10.2. The van der Waals surface area contributed by atoms with Gasteiger partial charge in [-0.1, -0.05) is 42.5 Å². The maximum absolute atomic E-state index is 12.4. The lowest BCUT2D eigenvalue weighted by molar-refractivity contribution is -0.133. The zero-order valence-electron chi connectivity index (χ0n) is 16.6. The van der Waals surface area contributed by atoms with Gasteiger partial charge in [0.15, 0.2) is 0 Å². The molecular formula is C24H22O6. The van der Waals surface area contributed by atoms with Gasteiger partial charge in [-0.15, -0.1) is 0 Å². The molecule has 0 radical (unpaired) electrons. The highest BCUT2D eigenvalue weighted by Gasteiger charge is 2.16. The molecule has 3 aromatic rings. The third-order valence-electron chi connectivity index (χ3n) is 4.17. The van der Waals surface area contributed by atoms with Crippen molar-refractivity contribution in [3.8, 4) is 17.2 Å². The van der Waals surface area contributed by atoms with Crippen LogP contribution in [0.2, 0.25) is 0 Å². The average Bonchev–Trinajstić information content (AvgIpc) is 2.78. The van der Waals surface area contributed by atoms with Gasteiger partial charge in [-0.2, -0.15) is 0 Å². The first-order valence-corrected chi connectivity index (χ1v) is 9.43. The Morgan fingerprint density at radius 2 is 1.47 bits per heavy atom. The first-order chi connectivity index (χ1) is 14.7. The van der Waals surface area contributed by atoms with Gasteiger partial charge < -0.3 is 18.9 Å². The van der Waals surface area contributed by atoms with Crippen molar-refractivity contribution in [3.63, 3.8) is 0 Å². The number of hydrogen-bond donors (Lipinski definition) is 0. The number of methoxy groups -OCH3 is 1. The highest BCUT2D eigenvalue weighted by Crippen LogP contribution is 2.20. The van der Waals surface area contributed by atoms with Gasteiger partial charge in [0, 0.05) is 0 Å². The van der Waals surface area contributed by atoms with E-state index in [9.17, 15) is 9.59 Å². The zero-order valence-corrected chi connectivity index (χ0v) is 16.6. The van der Waals surface area contributed by atoms with Gasteiger partial charge in [0.05, 0.1) is 13.5 Å². The van der Waals surface area contributed by atoms with E-state index in [1.54, 1.807) is 55.6 Å². The molecule has 0 aliphatic rings. The summed E-state index contributed by atoms with van der Waals surface area (Å²) in [6.45, 7) is 0.289. The summed E-state index contributed by atoms with van der Waals surface area (Å²) in [4.78, 5) is 24.7. The number of carbonyl (C=O) groups excluding carboxylic acids is 2. The van der Waals surface area contributed by atoms with E-state index in [0.717, 1.165) is 5.56 Å². The number of carbonyl (C=O) groups is 2. The molecule has 0 aliphatic carbocycles. The minimum atomic E-state index is -0.584. The van der Waals surface area contributed by atoms with Crippen molar-refractivity contribution in [2.45, 2.75) is 6.42 Å². The van der Waals surface area contributed by atoms with Gasteiger partial charge in [-0.3, -0.25) is 4.79 Å². The van der Waals surface area contributed by atoms with Crippen LogP contribution in [-0.4, -0.2) is 32.3 Å². The average molecular weight is 406 g/mol. The summed E-state index contributed by atoms with van der Waals surface area (Å²) < 4.78 is 21.2. The Hall–Kier alpha value is -3.80. The van der Waals surface area contributed by atoms with Crippen molar-refractivity contribution >= 4 is 11.9 Å². The van der Waals surface area contributed by atoms with E-state index in [4.69, 9.17) is 18.9 Å². The molecule has 3 rings (SSSR count). The van der Waals surface area contributed by atoms with Gasteiger partial charge in [0.2, 0.25) is 0 Å². The van der Waals surface area contributed by atoms with Gasteiger partial charge in [-0.05, 0) is 42.0 Å². The molecule has 0 aromatic heterocycles. The van der Waals surface area contributed by atoms with Crippen LogP contribution in [-0.2, 0) is 16.0 Å². The monoisotopic (exact) mass is 406 g/mol. The van der Waals surface area contributed by atoms with E-state index in [-0.39, 0.29) is 30.9 Å². The molecule has 0 spiro atoms. The number of benzene rings is 3. The zero-order chi connectivity index (χ0) is 21.2. The van der Waals surface area contributed by atoms with Gasteiger partial charge in [-0.25, -0.2) is 4.79 Å². The van der Waals surface area contributed by atoms with Crippen LogP contribution in [0.15, 0.2) is 78.9 Å². The molecule has 30 heavy (non-hydrogen) atoms. The van der Waals surface area contributed by atoms with E-state index in [1.807, 2.05) is 30.3 Å². The smallest absolute Gasteiger partial charge is 0.342 e. The summed E-state index contributed by atoms with van der Waals surface area (Å²) in [5.41, 5.74) is 0.958. The predicted molar refractivity (Wildman–Crippen MR) is 111 cm³/mol. The number of ether oxygens (including phenoxy) is 4. The number of para-hydroxylation sites is 2. The Balaban J connectivity index is 1.53. The molecule has 0 unspecified atom stereocenters. The molecule has 0 heterocycles. The molecule has 0 bridgehead atoms. The van der Waals surface area contributed by atoms with Crippen molar-refractivity contribution in [2.75, 3.05) is 20.3 Å². The molecule has 154 valence electrons. The van der Waals surface area contributed by atoms with E-state index >= 15 is 0 Å². The molecule has 0 saturated heterocycles. The third-order valence-corrected chi connectivity index (χ3v) is 4.17. The molecule has 3 aromatic carbocycles. The molecule has 0 N–H and O–H groups in total. The fraction of sp³-hybridized carbons (Fsp3) is 0.167. The molecule has 6 nitrogen and oxygen atoms in total. The van der Waals surface area contributed by atoms with Crippen molar-refractivity contribution in [2.24, 2.45) is 0 Å². The fourth-order valence-corrected chi connectivity index (χ4v) is 2.68. The molecule has 0 atom stereocenters. The standard InChI is InChI=1S/C24H22O6/c1-27-19-13-11-18(12-14-19)17-23(25)30-22-10-6-5-9-21(22)24(26)29-16-15-28-20-7-3-2-4-8-20/h2-14H,15-17H2,1H3. The van der Waals surface area contributed by atoms with Crippen molar-refractivity contribution in [1.29, 1.82) is 0 Å². The van der Waals surface area contributed by atoms with Crippen molar-refractivity contribution in [1.82, 2.24) is 0 Å². The summed E-state index contributed by atoms with van der Waals surface area (Å²) in [6.07, 6.45) is 0.0677. The topological polar surface area (TPSA) is 71.1 Å². The van der Waals surface area contributed by atoms with Gasteiger partial charge >= 0.3 is 11.9 Å². The maximum atomic E-state index is 12.4. The lowest BCUT2D eigenvalue weighted by Crippen LogP contribution is -2.16. The highest BCUT2D eigenvalue weighted by atomic mass is 16.6. The first kappa shape index (κ1) is 20.9. The summed E-state index contributed by atoms with van der Waals surface area (Å²) in [5.74, 6) is 0.496. The number of hydrogen-bond acceptors (Lipinski definition) is 6. The van der Waals surface area contributed by atoms with Crippen LogP contribution < -0.4 is 14.2 Å². The molecular weight excluding hydrogens is 384 g/mol. The summed E-state index contributed by atoms with van der Waals surface area (Å²) in [7, 11) is 1.58. The fourth-order valence-electron chi connectivity index (χ4n) is 2.68. The Morgan fingerprint density at radius 3 is 2.20 bits per heavy atom. The minimum absolute atomic E-state index is 0.0677. The summed E-state index contributed by atoms with van der Waals surface area (Å²) >= 11 is 0. The predicted octanol–water partition coefficient (Wildman–Crippen LogP) is 4.08.